The molecule has 1 aromatic heterocycles. The molecule has 1 amide bonds. The van der Waals surface area contributed by atoms with Gasteiger partial charge in [0.05, 0.1) is 12.8 Å². The van der Waals surface area contributed by atoms with Crippen LogP contribution in [0.4, 0.5) is 0 Å². The zero-order valence-electron chi connectivity index (χ0n) is 12.6. The third-order valence-corrected chi connectivity index (χ3v) is 4.05. The van der Waals surface area contributed by atoms with Crippen molar-refractivity contribution in [2.45, 2.75) is 6.42 Å². The molecule has 0 bridgehead atoms. The molecule has 0 spiro atoms. The first-order chi connectivity index (χ1) is 10.7. The molecular formula is C16H20N4O2. The summed E-state index contributed by atoms with van der Waals surface area (Å²) in [5.41, 5.74) is 7.03. The molecule has 2 heterocycles. The number of benzene rings is 1. The van der Waals surface area contributed by atoms with Gasteiger partial charge < -0.3 is 15.4 Å². The highest BCUT2D eigenvalue weighted by Crippen LogP contribution is 2.18. The Morgan fingerprint density at radius 2 is 2.14 bits per heavy atom. The van der Waals surface area contributed by atoms with Gasteiger partial charge >= 0.3 is 0 Å². The minimum atomic E-state index is -0.0248. The third-order valence-electron chi connectivity index (χ3n) is 4.05. The molecule has 0 saturated carbocycles. The van der Waals surface area contributed by atoms with E-state index in [-0.39, 0.29) is 5.91 Å². The lowest BCUT2D eigenvalue weighted by atomic mass is 10.1. The van der Waals surface area contributed by atoms with Crippen molar-refractivity contribution < 1.29 is 9.53 Å². The van der Waals surface area contributed by atoms with Crippen LogP contribution in [0.15, 0.2) is 36.5 Å². The maximum absolute atomic E-state index is 12.4. The van der Waals surface area contributed by atoms with Gasteiger partial charge in [0.15, 0.2) is 5.69 Å². The zero-order chi connectivity index (χ0) is 15.5. The first kappa shape index (κ1) is 14.6. The van der Waals surface area contributed by atoms with Crippen LogP contribution in [-0.2, 0) is 0 Å². The van der Waals surface area contributed by atoms with Crippen LogP contribution in [0, 0.1) is 5.92 Å². The van der Waals surface area contributed by atoms with Crippen LogP contribution >= 0.6 is 0 Å². The molecule has 1 aromatic carbocycles. The number of methoxy groups -OCH3 is 1. The maximum Gasteiger partial charge on any atom is 0.274 e. The molecule has 1 saturated heterocycles. The highest BCUT2D eigenvalue weighted by atomic mass is 16.5. The predicted octanol–water partition coefficient (Wildman–Crippen LogP) is 1.30. The molecule has 2 aromatic rings. The third kappa shape index (κ3) is 2.82. The number of ether oxygens (including phenoxy) is 1. The molecule has 0 radical (unpaired) electrons. The molecule has 0 aliphatic carbocycles. The number of hydrogen-bond acceptors (Lipinski definition) is 4. The van der Waals surface area contributed by atoms with Crippen molar-refractivity contribution in [3.63, 3.8) is 0 Å². The fourth-order valence-corrected chi connectivity index (χ4v) is 2.69. The van der Waals surface area contributed by atoms with Crippen molar-refractivity contribution in [3.05, 3.63) is 42.2 Å². The van der Waals surface area contributed by atoms with Gasteiger partial charge in [-0.2, -0.15) is 5.10 Å². The standard InChI is InChI=1S/C16H20N4O2/c1-22-14-4-2-13(3-5-14)20-9-7-15(18-20)16(21)19-8-6-12(10-17)11-19/h2-5,7,9,12H,6,8,10-11,17H2,1H3/t12-/m1/s1. The van der Waals surface area contributed by atoms with E-state index in [4.69, 9.17) is 10.5 Å². The Hall–Kier alpha value is -2.34. The summed E-state index contributed by atoms with van der Waals surface area (Å²) in [6, 6.07) is 9.29. The summed E-state index contributed by atoms with van der Waals surface area (Å²) in [5, 5.41) is 4.38. The average molecular weight is 300 g/mol. The number of nitrogens with two attached hydrogens (primary N) is 1. The molecular weight excluding hydrogens is 280 g/mol. The molecule has 3 rings (SSSR count). The Kier molecular flexibility index (Phi) is 4.11. The minimum Gasteiger partial charge on any atom is -0.497 e. The Labute approximate surface area is 129 Å². The van der Waals surface area contributed by atoms with Crippen LogP contribution in [0.5, 0.6) is 5.75 Å². The van der Waals surface area contributed by atoms with E-state index < -0.39 is 0 Å². The van der Waals surface area contributed by atoms with E-state index in [0.29, 0.717) is 18.2 Å². The van der Waals surface area contributed by atoms with Crippen LogP contribution in [0.1, 0.15) is 16.9 Å². The quantitative estimate of drug-likeness (QED) is 0.923. The number of likely N-dealkylation sites (tertiary alicyclic amines) is 1. The normalized spacial score (nSPS) is 17.7. The van der Waals surface area contributed by atoms with E-state index in [9.17, 15) is 4.79 Å². The first-order valence-electron chi connectivity index (χ1n) is 7.40. The molecule has 6 nitrogen and oxygen atoms in total. The largest absolute Gasteiger partial charge is 0.497 e. The van der Waals surface area contributed by atoms with Crippen molar-refractivity contribution in [3.8, 4) is 11.4 Å². The van der Waals surface area contributed by atoms with Crippen molar-refractivity contribution in [1.29, 1.82) is 0 Å². The van der Waals surface area contributed by atoms with Crippen LogP contribution in [0.3, 0.4) is 0 Å². The van der Waals surface area contributed by atoms with Crippen molar-refractivity contribution in [2.24, 2.45) is 11.7 Å². The van der Waals surface area contributed by atoms with E-state index in [2.05, 4.69) is 5.10 Å². The number of nitrogens with zero attached hydrogens (tertiary/aromatic N) is 3. The molecule has 116 valence electrons. The van der Waals surface area contributed by atoms with Crippen molar-refractivity contribution in [2.75, 3.05) is 26.7 Å². The monoisotopic (exact) mass is 300 g/mol. The summed E-state index contributed by atoms with van der Waals surface area (Å²) in [6.45, 7) is 2.12. The summed E-state index contributed by atoms with van der Waals surface area (Å²) < 4.78 is 6.83. The molecule has 22 heavy (non-hydrogen) atoms. The summed E-state index contributed by atoms with van der Waals surface area (Å²) in [5.74, 6) is 1.17. The highest BCUT2D eigenvalue weighted by molar-refractivity contribution is 5.92. The number of amides is 1. The smallest absolute Gasteiger partial charge is 0.274 e. The predicted molar refractivity (Wildman–Crippen MR) is 83.2 cm³/mol. The molecule has 2 N–H and O–H groups in total. The van der Waals surface area contributed by atoms with E-state index in [1.165, 1.54) is 0 Å². The van der Waals surface area contributed by atoms with Gasteiger partial charge in [0, 0.05) is 19.3 Å². The summed E-state index contributed by atoms with van der Waals surface area (Å²) in [7, 11) is 1.63. The lowest BCUT2D eigenvalue weighted by Gasteiger charge is -2.14. The second-order valence-electron chi connectivity index (χ2n) is 5.49. The van der Waals surface area contributed by atoms with Crippen molar-refractivity contribution >= 4 is 5.91 Å². The van der Waals surface area contributed by atoms with Gasteiger partial charge in [0.2, 0.25) is 0 Å². The molecule has 1 fully saturated rings. The molecule has 1 atom stereocenters. The zero-order valence-corrected chi connectivity index (χ0v) is 12.6. The second kappa shape index (κ2) is 6.19. The van der Waals surface area contributed by atoms with Crippen LogP contribution in [0.25, 0.3) is 5.69 Å². The molecule has 1 aliphatic rings. The van der Waals surface area contributed by atoms with Crippen LogP contribution in [0.2, 0.25) is 0 Å². The first-order valence-corrected chi connectivity index (χ1v) is 7.40. The fourth-order valence-electron chi connectivity index (χ4n) is 2.69. The Morgan fingerprint density at radius 3 is 2.77 bits per heavy atom. The molecule has 1 aliphatic heterocycles. The lowest BCUT2D eigenvalue weighted by molar-refractivity contribution is 0.0781. The Balaban J connectivity index is 1.74. The number of aromatic nitrogens is 2. The van der Waals surface area contributed by atoms with Crippen molar-refractivity contribution in [1.82, 2.24) is 14.7 Å². The fraction of sp³-hybridized carbons (Fsp3) is 0.375. The van der Waals surface area contributed by atoms with Gasteiger partial charge in [-0.25, -0.2) is 4.68 Å². The van der Waals surface area contributed by atoms with E-state index >= 15 is 0 Å². The molecule has 6 heteroatoms. The topological polar surface area (TPSA) is 73.4 Å². The SMILES string of the molecule is COc1ccc(-n2ccc(C(=O)N3CC[C@H](CN)C3)n2)cc1. The summed E-state index contributed by atoms with van der Waals surface area (Å²) >= 11 is 0. The number of rotatable bonds is 4. The average Bonchev–Trinajstić information content (AvgIpc) is 3.23. The summed E-state index contributed by atoms with van der Waals surface area (Å²) in [4.78, 5) is 14.3. The Morgan fingerprint density at radius 1 is 1.36 bits per heavy atom. The van der Waals surface area contributed by atoms with E-state index in [1.807, 2.05) is 29.2 Å². The van der Waals surface area contributed by atoms with E-state index in [1.54, 1.807) is 24.1 Å². The molecule has 0 unspecified atom stereocenters. The van der Waals surface area contributed by atoms with Crippen LogP contribution in [-0.4, -0.2) is 47.3 Å². The van der Waals surface area contributed by atoms with Gasteiger partial charge in [-0.15, -0.1) is 0 Å². The Bertz CT molecular complexity index is 650. The van der Waals surface area contributed by atoms with E-state index in [0.717, 1.165) is 30.9 Å². The second-order valence-corrected chi connectivity index (χ2v) is 5.49. The lowest BCUT2D eigenvalue weighted by Crippen LogP contribution is -2.30. The highest BCUT2D eigenvalue weighted by Gasteiger charge is 2.27. The number of carbonyl (C=O) groups is 1. The summed E-state index contributed by atoms with van der Waals surface area (Å²) in [6.07, 6.45) is 2.77. The minimum absolute atomic E-state index is 0.0248. The maximum atomic E-state index is 12.4. The van der Waals surface area contributed by atoms with Gasteiger partial charge in [0.1, 0.15) is 5.75 Å². The number of carbonyl (C=O) groups excluding carboxylic acids is 1. The number of hydrogen-bond donors (Lipinski definition) is 1. The van der Waals surface area contributed by atoms with Crippen LogP contribution < -0.4 is 10.5 Å². The van der Waals surface area contributed by atoms with Gasteiger partial charge in [-0.3, -0.25) is 4.79 Å². The van der Waals surface area contributed by atoms with Gasteiger partial charge in [0.25, 0.3) is 5.91 Å². The van der Waals surface area contributed by atoms with Gasteiger partial charge in [-0.1, -0.05) is 0 Å². The van der Waals surface area contributed by atoms with Gasteiger partial charge in [-0.05, 0) is 49.2 Å².